The predicted molar refractivity (Wildman–Crippen MR) is 113 cm³/mol. The third kappa shape index (κ3) is 8.03. The highest BCUT2D eigenvalue weighted by Gasteiger charge is 2.41. The van der Waals surface area contributed by atoms with Gasteiger partial charge in [-0.15, -0.1) is 0 Å². The first kappa shape index (κ1) is 22.4. The van der Waals surface area contributed by atoms with Crippen LogP contribution in [0.5, 0.6) is 0 Å². The molecule has 1 aromatic rings. The minimum Gasteiger partial charge on any atom is -0.417 e. The fourth-order valence-electron chi connectivity index (χ4n) is 4.40. The van der Waals surface area contributed by atoms with Crippen LogP contribution in [0.25, 0.3) is 0 Å². The second kappa shape index (κ2) is 10.5. The Kier molecular flexibility index (Phi) is 9.36. The lowest BCUT2D eigenvalue weighted by molar-refractivity contribution is 0.170. The summed E-state index contributed by atoms with van der Waals surface area (Å²) in [6, 6.07) is 14.5. The Hall–Kier alpha value is -0.683. The van der Waals surface area contributed by atoms with E-state index in [4.69, 9.17) is 4.43 Å². The summed E-state index contributed by atoms with van der Waals surface area (Å²) < 4.78 is 6.56. The maximum atomic E-state index is 6.56. The van der Waals surface area contributed by atoms with Gasteiger partial charge in [0.15, 0.2) is 8.32 Å². The smallest absolute Gasteiger partial charge is 0.193 e. The molecule has 144 valence electrons. The van der Waals surface area contributed by atoms with Crippen LogP contribution in [0.3, 0.4) is 0 Å². The Bertz CT molecular complexity index is 468. The van der Waals surface area contributed by atoms with Crippen molar-refractivity contribution in [2.75, 3.05) is 47.9 Å². The predicted octanol–water partition coefficient (Wildman–Crippen LogP) is 4.36. The summed E-state index contributed by atoms with van der Waals surface area (Å²) in [5.74, 6) is 0. The fourth-order valence-corrected chi connectivity index (χ4v) is 8.77. The van der Waals surface area contributed by atoms with Gasteiger partial charge in [0.1, 0.15) is 0 Å². The van der Waals surface area contributed by atoms with E-state index in [0.29, 0.717) is 0 Å². The van der Waals surface area contributed by atoms with Crippen molar-refractivity contribution in [2.45, 2.75) is 45.3 Å². The summed E-state index contributed by atoms with van der Waals surface area (Å²) in [6.45, 7) is 10.0. The second-order valence-corrected chi connectivity index (χ2v) is 12.6. The Morgan fingerprint density at radius 3 is 1.96 bits per heavy atom. The number of nitrogens with zero attached hydrogens (tertiary/aromatic N) is 2. The van der Waals surface area contributed by atoms with E-state index in [2.05, 4.69) is 89.1 Å². The van der Waals surface area contributed by atoms with Crippen molar-refractivity contribution in [3.05, 3.63) is 35.9 Å². The summed E-state index contributed by atoms with van der Waals surface area (Å²) in [5.41, 5.74) is 1.70. The molecule has 0 bridgehead atoms. The van der Waals surface area contributed by atoms with Crippen molar-refractivity contribution in [3.63, 3.8) is 0 Å². The quantitative estimate of drug-likeness (QED) is 0.513. The third-order valence-electron chi connectivity index (χ3n) is 4.95. The summed E-state index contributed by atoms with van der Waals surface area (Å²) in [4.78, 5) is 4.67. The maximum absolute atomic E-state index is 6.56. The van der Waals surface area contributed by atoms with Gasteiger partial charge in [-0.2, -0.15) is 0 Å². The van der Waals surface area contributed by atoms with Crippen molar-refractivity contribution in [1.82, 2.24) is 9.80 Å². The van der Waals surface area contributed by atoms with E-state index in [1.54, 1.807) is 0 Å². The van der Waals surface area contributed by atoms with Crippen LogP contribution < -0.4 is 0 Å². The van der Waals surface area contributed by atoms with Gasteiger partial charge < -0.3 is 14.2 Å². The van der Waals surface area contributed by atoms with Gasteiger partial charge in [0.25, 0.3) is 0 Å². The van der Waals surface area contributed by atoms with E-state index in [9.17, 15) is 0 Å². The topological polar surface area (TPSA) is 15.7 Å². The molecule has 0 aliphatic rings. The normalized spacial score (nSPS) is 14.9. The van der Waals surface area contributed by atoms with Crippen LogP contribution in [-0.2, 0) is 10.8 Å². The van der Waals surface area contributed by atoms with E-state index in [-0.39, 0.29) is 5.41 Å². The molecule has 1 atom stereocenters. The molecule has 1 unspecified atom stereocenters. The van der Waals surface area contributed by atoms with Gasteiger partial charge in [-0.05, 0) is 70.6 Å². The molecule has 0 aromatic heterocycles. The van der Waals surface area contributed by atoms with Crippen molar-refractivity contribution in [3.8, 4) is 0 Å². The lowest BCUT2D eigenvalue weighted by Crippen LogP contribution is -2.49. The summed E-state index contributed by atoms with van der Waals surface area (Å²) >= 11 is 0. The molecule has 1 aromatic carbocycles. The van der Waals surface area contributed by atoms with E-state index in [1.165, 1.54) is 23.7 Å². The van der Waals surface area contributed by atoms with Crippen molar-refractivity contribution in [1.29, 1.82) is 0 Å². The number of benzene rings is 1. The van der Waals surface area contributed by atoms with Crippen LogP contribution >= 0.6 is 0 Å². The average Bonchev–Trinajstić information content (AvgIpc) is 2.52. The first-order valence-corrected chi connectivity index (χ1v) is 12.2. The monoisotopic (exact) mass is 364 g/mol. The van der Waals surface area contributed by atoms with Crippen LogP contribution in [0.15, 0.2) is 30.3 Å². The van der Waals surface area contributed by atoms with E-state index in [0.717, 1.165) is 26.1 Å². The molecule has 0 heterocycles. The molecule has 1 rings (SSSR count). The molecule has 4 heteroatoms. The van der Waals surface area contributed by atoms with E-state index >= 15 is 0 Å². The molecule has 0 fully saturated rings. The standard InChI is InChI=1S/C21H40N2OSi/c1-8-24-25(9-2,16-15-20-13-11-10-12-14-20)19-21(3,17-22(4)5)18-23(6)7/h10-14H,8-9,15-19H2,1-7H3. The highest BCUT2D eigenvalue weighted by Crippen LogP contribution is 2.36. The summed E-state index contributed by atoms with van der Waals surface area (Å²) in [5, 5.41) is 0. The first-order valence-electron chi connectivity index (χ1n) is 9.71. The van der Waals surface area contributed by atoms with Gasteiger partial charge in [-0.25, -0.2) is 0 Å². The third-order valence-corrected chi connectivity index (χ3v) is 9.80. The Balaban J connectivity index is 2.96. The van der Waals surface area contributed by atoms with Gasteiger partial charge in [-0.1, -0.05) is 44.2 Å². The number of hydrogen-bond acceptors (Lipinski definition) is 3. The van der Waals surface area contributed by atoms with Crippen LogP contribution in [-0.4, -0.2) is 66.0 Å². The zero-order valence-electron chi connectivity index (χ0n) is 17.6. The Labute approximate surface area is 157 Å². The van der Waals surface area contributed by atoms with Gasteiger partial charge in [0, 0.05) is 19.7 Å². The molecule has 25 heavy (non-hydrogen) atoms. The lowest BCUT2D eigenvalue weighted by atomic mass is 9.92. The molecule has 0 saturated heterocycles. The molecule has 3 nitrogen and oxygen atoms in total. The van der Waals surface area contributed by atoms with Gasteiger partial charge in [0.05, 0.1) is 0 Å². The van der Waals surface area contributed by atoms with Gasteiger partial charge >= 0.3 is 0 Å². The highest BCUT2D eigenvalue weighted by atomic mass is 28.4. The Morgan fingerprint density at radius 2 is 1.52 bits per heavy atom. The molecule has 0 N–H and O–H groups in total. The maximum Gasteiger partial charge on any atom is 0.193 e. The molecule has 0 amide bonds. The minimum absolute atomic E-state index is 0.265. The lowest BCUT2D eigenvalue weighted by Gasteiger charge is -2.42. The van der Waals surface area contributed by atoms with Crippen molar-refractivity contribution < 1.29 is 4.43 Å². The molecule has 0 aliphatic heterocycles. The molecule has 0 radical (unpaired) electrons. The highest BCUT2D eigenvalue weighted by molar-refractivity contribution is 6.74. The number of hydrogen-bond donors (Lipinski definition) is 0. The molecule has 0 saturated carbocycles. The van der Waals surface area contributed by atoms with Crippen molar-refractivity contribution in [2.24, 2.45) is 5.41 Å². The molecular weight excluding hydrogens is 324 g/mol. The largest absolute Gasteiger partial charge is 0.417 e. The average molecular weight is 365 g/mol. The minimum atomic E-state index is -1.77. The molecule has 0 aliphatic carbocycles. The van der Waals surface area contributed by atoms with Crippen LogP contribution in [0.4, 0.5) is 0 Å². The zero-order chi connectivity index (χ0) is 18.9. The van der Waals surface area contributed by atoms with Gasteiger partial charge in [0.2, 0.25) is 0 Å². The SMILES string of the molecule is CCO[Si](CC)(CCc1ccccc1)CC(C)(CN(C)C)CN(C)C. The van der Waals surface area contributed by atoms with Crippen LogP contribution in [0.2, 0.25) is 18.1 Å². The van der Waals surface area contributed by atoms with Crippen LogP contribution in [0.1, 0.15) is 26.3 Å². The fraction of sp³-hybridized carbons (Fsp3) is 0.714. The first-order chi connectivity index (χ1) is 11.7. The molecular formula is C21H40N2OSi. The van der Waals surface area contributed by atoms with Crippen LogP contribution in [0, 0.1) is 5.41 Å². The molecule has 0 spiro atoms. The van der Waals surface area contributed by atoms with E-state index in [1.807, 2.05) is 0 Å². The zero-order valence-corrected chi connectivity index (χ0v) is 18.6. The Morgan fingerprint density at radius 1 is 0.960 bits per heavy atom. The second-order valence-electron chi connectivity index (χ2n) is 8.42. The van der Waals surface area contributed by atoms with Crippen molar-refractivity contribution >= 4 is 8.32 Å². The van der Waals surface area contributed by atoms with Gasteiger partial charge in [-0.3, -0.25) is 0 Å². The van der Waals surface area contributed by atoms with E-state index < -0.39 is 8.32 Å². The number of rotatable bonds is 12. The summed E-state index contributed by atoms with van der Waals surface area (Å²) in [7, 11) is 6.98. The summed E-state index contributed by atoms with van der Waals surface area (Å²) in [6.07, 6.45) is 1.14. The number of aryl methyl sites for hydroxylation is 1.